The summed E-state index contributed by atoms with van der Waals surface area (Å²) in [6, 6.07) is 13.2. The highest BCUT2D eigenvalue weighted by Crippen LogP contribution is 2.36. The molecule has 1 aromatic heterocycles. The molecular formula is C24H28Cl2IN3O5. The highest BCUT2D eigenvalue weighted by atomic mass is 127. The Labute approximate surface area is 227 Å². The smallest absolute Gasteiger partial charge is 0.149 e. The first kappa shape index (κ1) is 27.9. The summed E-state index contributed by atoms with van der Waals surface area (Å²) in [7, 11) is 0. The summed E-state index contributed by atoms with van der Waals surface area (Å²) in [5, 5.41) is 37.6. The molecule has 0 aliphatic rings. The lowest BCUT2D eigenvalue weighted by molar-refractivity contribution is 0.0866. The van der Waals surface area contributed by atoms with Crippen molar-refractivity contribution in [3.63, 3.8) is 0 Å². The average molecular weight is 636 g/mol. The number of benzene rings is 2. The fourth-order valence-corrected chi connectivity index (χ4v) is 4.29. The Hall–Kier alpha value is -1.63. The summed E-state index contributed by atoms with van der Waals surface area (Å²) in [6.45, 7) is 4.29. The third-order valence-corrected chi connectivity index (χ3v) is 7.09. The van der Waals surface area contributed by atoms with Crippen molar-refractivity contribution >= 4 is 45.8 Å². The summed E-state index contributed by atoms with van der Waals surface area (Å²) >= 11 is 14.0. The van der Waals surface area contributed by atoms with Crippen LogP contribution >= 0.6 is 45.8 Å². The Balaban J connectivity index is 1.61. The highest BCUT2D eigenvalue weighted by Gasteiger charge is 2.24. The summed E-state index contributed by atoms with van der Waals surface area (Å²) in [5.74, 6) is 1.20. The minimum absolute atomic E-state index is 0.0690. The molecule has 8 nitrogen and oxygen atoms in total. The molecule has 0 bridgehead atoms. The lowest BCUT2D eigenvalue weighted by atomic mass is 9.78. The summed E-state index contributed by atoms with van der Waals surface area (Å²) in [4.78, 5) is 0. The van der Waals surface area contributed by atoms with E-state index in [4.69, 9.17) is 32.7 Å². The molecule has 0 saturated carbocycles. The Morgan fingerprint density at radius 2 is 1.69 bits per heavy atom. The Bertz CT molecular complexity index is 1110. The predicted molar refractivity (Wildman–Crippen MR) is 142 cm³/mol. The number of rotatable bonds is 12. The Kier molecular flexibility index (Phi) is 10.0. The molecule has 2 aromatic carbocycles. The van der Waals surface area contributed by atoms with E-state index in [1.54, 1.807) is 6.07 Å². The second-order valence-electron chi connectivity index (χ2n) is 8.55. The second-order valence-corrected chi connectivity index (χ2v) is 10.3. The first-order valence-electron chi connectivity index (χ1n) is 10.9. The van der Waals surface area contributed by atoms with Crippen molar-refractivity contribution in [3.05, 3.63) is 68.0 Å². The average Bonchev–Trinajstić information content (AvgIpc) is 3.20. The van der Waals surface area contributed by atoms with E-state index < -0.39 is 12.2 Å². The van der Waals surface area contributed by atoms with Gasteiger partial charge in [0, 0.05) is 5.41 Å². The van der Waals surface area contributed by atoms with E-state index in [9.17, 15) is 15.3 Å². The molecule has 1 heterocycles. The van der Waals surface area contributed by atoms with Gasteiger partial charge < -0.3 is 24.8 Å². The molecule has 0 saturated heterocycles. The number of aromatic nitrogens is 3. The van der Waals surface area contributed by atoms with E-state index in [1.165, 1.54) is 4.68 Å². The standard InChI is InChI=1S/C24H28Cl2IN3O5/c1-24(2,16-5-8-22(20(26)9-16)35-13-17(32)10-25)15-3-6-19(7-4-15)34-14-18(33)11-30-21(12-31)23(27)28-29-30/h3-9,17-18,31-33H,10-14H2,1-2H3/t17-,18+/m0/s1. The molecule has 0 unspecified atom stereocenters. The van der Waals surface area contributed by atoms with Crippen molar-refractivity contribution in [2.75, 3.05) is 19.1 Å². The molecule has 0 aliphatic heterocycles. The fraction of sp³-hybridized carbons (Fsp3) is 0.417. The lowest BCUT2D eigenvalue weighted by Crippen LogP contribution is -2.25. The quantitative estimate of drug-likeness (QED) is 0.205. The van der Waals surface area contributed by atoms with E-state index in [2.05, 4.69) is 24.2 Å². The molecule has 2 atom stereocenters. The number of hydrogen-bond acceptors (Lipinski definition) is 7. The first-order chi connectivity index (χ1) is 16.6. The normalized spacial score (nSPS) is 13.5. The van der Waals surface area contributed by atoms with Gasteiger partial charge in [0.05, 0.1) is 29.7 Å². The first-order valence-corrected chi connectivity index (χ1v) is 12.9. The van der Waals surface area contributed by atoms with Crippen molar-refractivity contribution in [2.45, 2.75) is 44.6 Å². The van der Waals surface area contributed by atoms with Gasteiger partial charge in [-0.2, -0.15) is 0 Å². The van der Waals surface area contributed by atoms with E-state index in [-0.39, 0.29) is 37.7 Å². The maximum absolute atomic E-state index is 10.3. The SMILES string of the molecule is CC(C)(c1ccc(OC[C@H](O)Cn2nnc(I)c2CO)cc1)c1ccc(OC[C@@H](O)CCl)c(Cl)c1. The molecule has 190 valence electrons. The van der Waals surface area contributed by atoms with Crippen LogP contribution in [0.15, 0.2) is 42.5 Å². The van der Waals surface area contributed by atoms with Crippen molar-refractivity contribution in [1.29, 1.82) is 0 Å². The van der Waals surface area contributed by atoms with Crippen LogP contribution in [0.1, 0.15) is 30.7 Å². The van der Waals surface area contributed by atoms with Crippen molar-refractivity contribution in [3.8, 4) is 11.5 Å². The largest absolute Gasteiger partial charge is 0.491 e. The minimum Gasteiger partial charge on any atom is -0.491 e. The third kappa shape index (κ3) is 7.21. The van der Waals surface area contributed by atoms with E-state index in [1.807, 2.05) is 59.0 Å². The van der Waals surface area contributed by atoms with E-state index in [0.29, 0.717) is 25.9 Å². The van der Waals surface area contributed by atoms with Crippen LogP contribution in [-0.4, -0.2) is 61.6 Å². The number of alkyl halides is 1. The monoisotopic (exact) mass is 635 g/mol. The van der Waals surface area contributed by atoms with Gasteiger partial charge in [0.25, 0.3) is 0 Å². The Morgan fingerprint density at radius 3 is 2.31 bits per heavy atom. The van der Waals surface area contributed by atoms with Crippen LogP contribution in [0.25, 0.3) is 0 Å². The zero-order valence-corrected chi connectivity index (χ0v) is 23.0. The Morgan fingerprint density at radius 1 is 1.03 bits per heavy atom. The van der Waals surface area contributed by atoms with Gasteiger partial charge in [-0.25, -0.2) is 4.68 Å². The molecule has 3 N–H and O–H groups in total. The van der Waals surface area contributed by atoms with Gasteiger partial charge in [-0.1, -0.05) is 48.9 Å². The fourth-order valence-electron chi connectivity index (χ4n) is 3.42. The van der Waals surface area contributed by atoms with Crippen molar-refractivity contribution in [2.24, 2.45) is 0 Å². The second kappa shape index (κ2) is 12.6. The molecule has 0 spiro atoms. The van der Waals surface area contributed by atoms with Crippen LogP contribution in [0.3, 0.4) is 0 Å². The van der Waals surface area contributed by atoms with Gasteiger partial charge in [-0.3, -0.25) is 0 Å². The van der Waals surface area contributed by atoms with E-state index >= 15 is 0 Å². The number of aliphatic hydroxyl groups excluding tert-OH is 3. The maximum atomic E-state index is 10.3. The van der Waals surface area contributed by atoms with Crippen LogP contribution in [0.4, 0.5) is 0 Å². The minimum atomic E-state index is -0.817. The topological polar surface area (TPSA) is 110 Å². The van der Waals surface area contributed by atoms with Gasteiger partial charge in [0.2, 0.25) is 0 Å². The lowest BCUT2D eigenvalue weighted by Gasteiger charge is -2.27. The number of nitrogens with zero attached hydrogens (tertiary/aromatic N) is 3. The number of halogens is 3. The molecule has 11 heteroatoms. The van der Waals surface area contributed by atoms with E-state index in [0.717, 1.165) is 11.1 Å². The van der Waals surface area contributed by atoms with Crippen LogP contribution in [0.5, 0.6) is 11.5 Å². The van der Waals surface area contributed by atoms with Gasteiger partial charge in [-0.05, 0) is 58.0 Å². The predicted octanol–water partition coefficient (Wildman–Crippen LogP) is 3.77. The molecular weight excluding hydrogens is 608 g/mol. The molecule has 3 rings (SSSR count). The van der Waals surface area contributed by atoms with Gasteiger partial charge in [0.15, 0.2) is 0 Å². The van der Waals surface area contributed by atoms with Gasteiger partial charge in [0.1, 0.15) is 40.6 Å². The van der Waals surface area contributed by atoms with Crippen LogP contribution < -0.4 is 9.47 Å². The zero-order valence-electron chi connectivity index (χ0n) is 19.4. The zero-order chi connectivity index (χ0) is 25.6. The van der Waals surface area contributed by atoms with Crippen LogP contribution in [0, 0.1) is 3.70 Å². The number of aliphatic hydroxyl groups is 3. The van der Waals surface area contributed by atoms with Crippen molar-refractivity contribution < 1.29 is 24.8 Å². The number of hydrogen-bond donors (Lipinski definition) is 3. The number of ether oxygens (including phenoxy) is 2. The summed E-state index contributed by atoms with van der Waals surface area (Å²) < 4.78 is 13.4. The highest BCUT2D eigenvalue weighted by molar-refractivity contribution is 14.1. The van der Waals surface area contributed by atoms with Gasteiger partial charge in [-0.15, -0.1) is 16.7 Å². The maximum Gasteiger partial charge on any atom is 0.149 e. The molecule has 3 aromatic rings. The third-order valence-electron chi connectivity index (χ3n) is 5.60. The van der Waals surface area contributed by atoms with Gasteiger partial charge >= 0.3 is 0 Å². The molecule has 35 heavy (non-hydrogen) atoms. The molecule has 0 aliphatic carbocycles. The molecule has 0 amide bonds. The van der Waals surface area contributed by atoms with Crippen LogP contribution in [0.2, 0.25) is 5.02 Å². The summed E-state index contributed by atoms with van der Waals surface area (Å²) in [6.07, 6.45) is -1.57. The molecule has 0 fully saturated rings. The summed E-state index contributed by atoms with van der Waals surface area (Å²) in [5.41, 5.74) is 2.26. The molecule has 0 radical (unpaired) electrons. The van der Waals surface area contributed by atoms with Crippen molar-refractivity contribution in [1.82, 2.24) is 15.0 Å². The van der Waals surface area contributed by atoms with Crippen LogP contribution in [-0.2, 0) is 18.6 Å².